The molecule has 4 rings (SSSR count). The topological polar surface area (TPSA) is 65.6 Å². The summed E-state index contributed by atoms with van der Waals surface area (Å²) in [7, 11) is 1.65. The fourth-order valence-corrected chi connectivity index (χ4v) is 4.37. The number of aromatic amines is 1. The third-order valence-corrected chi connectivity index (χ3v) is 6.13. The Bertz CT molecular complexity index is 903. The van der Waals surface area contributed by atoms with Gasteiger partial charge in [-0.25, -0.2) is 0 Å². The average molecular weight is 355 g/mol. The quantitative estimate of drug-likeness (QED) is 0.920. The van der Waals surface area contributed by atoms with Gasteiger partial charge in [0.05, 0.1) is 12.8 Å². The third-order valence-electron chi connectivity index (χ3n) is 6.13. The van der Waals surface area contributed by atoms with Crippen molar-refractivity contribution in [3.05, 3.63) is 29.5 Å². The smallest absolute Gasteiger partial charge is 0.255 e. The highest BCUT2D eigenvalue weighted by Gasteiger charge is 2.54. The number of H-pyrrole nitrogens is 1. The van der Waals surface area contributed by atoms with Gasteiger partial charge in [0, 0.05) is 23.5 Å². The van der Waals surface area contributed by atoms with Crippen molar-refractivity contribution < 1.29 is 14.3 Å². The van der Waals surface area contributed by atoms with Crippen molar-refractivity contribution in [3.8, 4) is 5.75 Å². The molecule has 1 saturated heterocycles. The number of carbonyl (C=O) groups is 2. The van der Waals surface area contributed by atoms with Crippen molar-refractivity contribution in [1.82, 2.24) is 14.8 Å². The number of aromatic nitrogens is 1. The number of rotatable bonds is 3. The molecular formula is C20H25N3O3. The van der Waals surface area contributed by atoms with Crippen molar-refractivity contribution in [2.24, 2.45) is 0 Å². The standard InChI is InChI=1S/C20H25N3O3/c1-5-12(2)22-11-17(24)23-9-8-14-15-10-13(26-4)6-7-16(15)21-18(14)20(23,3)19(22)25/h6-7,10,12,21H,5,8-9,11H2,1-4H3/t12-,20-/m0/s1. The van der Waals surface area contributed by atoms with Crippen LogP contribution in [0.4, 0.5) is 0 Å². The number of hydrogen-bond acceptors (Lipinski definition) is 3. The van der Waals surface area contributed by atoms with Gasteiger partial charge >= 0.3 is 0 Å². The zero-order chi connectivity index (χ0) is 18.6. The molecule has 6 heteroatoms. The van der Waals surface area contributed by atoms with Gasteiger partial charge in [0.1, 0.15) is 12.3 Å². The molecule has 1 N–H and O–H groups in total. The Morgan fingerprint density at radius 3 is 2.81 bits per heavy atom. The molecule has 0 saturated carbocycles. The maximum atomic E-state index is 13.5. The van der Waals surface area contributed by atoms with E-state index in [9.17, 15) is 9.59 Å². The molecule has 0 radical (unpaired) electrons. The summed E-state index contributed by atoms with van der Waals surface area (Å²) in [4.78, 5) is 33.2. The monoisotopic (exact) mass is 355 g/mol. The second-order valence-electron chi connectivity index (χ2n) is 7.45. The highest BCUT2D eigenvalue weighted by molar-refractivity contribution is 6.01. The maximum absolute atomic E-state index is 13.5. The van der Waals surface area contributed by atoms with Gasteiger partial charge in [-0.05, 0) is 50.5 Å². The molecule has 0 unspecified atom stereocenters. The minimum atomic E-state index is -0.974. The maximum Gasteiger partial charge on any atom is 0.255 e. The van der Waals surface area contributed by atoms with E-state index in [0.717, 1.165) is 40.8 Å². The zero-order valence-corrected chi connectivity index (χ0v) is 15.8. The van der Waals surface area contributed by atoms with Gasteiger partial charge in [0.2, 0.25) is 5.91 Å². The Balaban J connectivity index is 1.90. The Labute approximate surface area is 153 Å². The molecule has 3 heterocycles. The summed E-state index contributed by atoms with van der Waals surface area (Å²) in [6.07, 6.45) is 1.56. The summed E-state index contributed by atoms with van der Waals surface area (Å²) in [5, 5.41) is 1.07. The summed E-state index contributed by atoms with van der Waals surface area (Å²) >= 11 is 0. The fraction of sp³-hybridized carbons (Fsp3) is 0.500. The van der Waals surface area contributed by atoms with Crippen molar-refractivity contribution in [2.75, 3.05) is 20.2 Å². The molecule has 1 fully saturated rings. The number of methoxy groups -OCH3 is 1. The molecule has 0 bridgehead atoms. The second kappa shape index (κ2) is 5.76. The largest absolute Gasteiger partial charge is 0.497 e. The van der Waals surface area contributed by atoms with Crippen molar-refractivity contribution in [3.63, 3.8) is 0 Å². The number of ether oxygens (including phenoxy) is 1. The summed E-state index contributed by atoms with van der Waals surface area (Å²) in [6.45, 7) is 6.66. The van der Waals surface area contributed by atoms with Gasteiger partial charge in [-0.3, -0.25) is 9.59 Å². The third kappa shape index (κ3) is 2.11. The molecule has 2 aromatic rings. The van der Waals surface area contributed by atoms with Crippen LogP contribution in [0.2, 0.25) is 0 Å². The zero-order valence-electron chi connectivity index (χ0n) is 15.8. The number of nitrogens with one attached hydrogen (secondary N) is 1. The number of hydrogen-bond donors (Lipinski definition) is 1. The fourth-order valence-electron chi connectivity index (χ4n) is 4.37. The second-order valence-corrected chi connectivity index (χ2v) is 7.45. The van der Waals surface area contributed by atoms with Crippen LogP contribution in [-0.4, -0.2) is 52.8 Å². The number of nitrogens with zero attached hydrogens (tertiary/aromatic N) is 2. The minimum absolute atomic E-state index is 0.00548. The van der Waals surface area contributed by atoms with Gasteiger partial charge < -0.3 is 19.5 Å². The molecule has 0 spiro atoms. The predicted molar refractivity (Wildman–Crippen MR) is 99.1 cm³/mol. The normalized spacial score (nSPS) is 23.8. The van der Waals surface area contributed by atoms with Crippen molar-refractivity contribution in [2.45, 2.75) is 45.2 Å². The van der Waals surface area contributed by atoms with E-state index in [-0.39, 0.29) is 24.4 Å². The summed E-state index contributed by atoms with van der Waals surface area (Å²) in [5.41, 5.74) is 1.96. The van der Waals surface area contributed by atoms with Crippen molar-refractivity contribution in [1.29, 1.82) is 0 Å². The molecular weight excluding hydrogens is 330 g/mol. The highest BCUT2D eigenvalue weighted by atomic mass is 16.5. The van der Waals surface area contributed by atoms with Gasteiger partial charge in [0.25, 0.3) is 5.91 Å². The molecule has 2 aliphatic rings. The van der Waals surface area contributed by atoms with Gasteiger partial charge in [0.15, 0.2) is 5.54 Å². The Morgan fingerprint density at radius 1 is 1.35 bits per heavy atom. The van der Waals surface area contributed by atoms with Crippen LogP contribution in [0.5, 0.6) is 5.75 Å². The Hall–Kier alpha value is -2.50. The van der Waals surface area contributed by atoms with Crippen LogP contribution in [0.25, 0.3) is 10.9 Å². The highest BCUT2D eigenvalue weighted by Crippen LogP contribution is 2.43. The minimum Gasteiger partial charge on any atom is -0.497 e. The lowest BCUT2D eigenvalue weighted by Gasteiger charge is -2.50. The Morgan fingerprint density at radius 2 is 2.12 bits per heavy atom. The van der Waals surface area contributed by atoms with Crippen molar-refractivity contribution >= 4 is 22.7 Å². The molecule has 2 atom stereocenters. The van der Waals surface area contributed by atoms with Crippen LogP contribution in [0.1, 0.15) is 38.4 Å². The van der Waals surface area contributed by atoms with Crippen LogP contribution >= 0.6 is 0 Å². The Kier molecular flexibility index (Phi) is 3.75. The molecule has 2 aliphatic heterocycles. The molecule has 6 nitrogen and oxygen atoms in total. The molecule has 1 aromatic carbocycles. The van der Waals surface area contributed by atoms with E-state index in [1.165, 1.54) is 0 Å². The predicted octanol–water partition coefficient (Wildman–Crippen LogP) is 2.42. The van der Waals surface area contributed by atoms with Crippen LogP contribution in [0.3, 0.4) is 0 Å². The average Bonchev–Trinajstić information content (AvgIpc) is 3.03. The number of carbonyl (C=O) groups excluding carboxylic acids is 2. The summed E-state index contributed by atoms with van der Waals surface area (Å²) in [6, 6.07) is 5.93. The van der Waals surface area contributed by atoms with E-state index in [0.29, 0.717) is 6.54 Å². The van der Waals surface area contributed by atoms with Gasteiger partial charge in [-0.15, -0.1) is 0 Å². The van der Waals surface area contributed by atoms with E-state index < -0.39 is 5.54 Å². The summed E-state index contributed by atoms with van der Waals surface area (Å²) in [5.74, 6) is 0.819. The number of piperazine rings is 1. The molecule has 0 aliphatic carbocycles. The van der Waals surface area contributed by atoms with E-state index in [2.05, 4.69) is 4.98 Å². The lowest BCUT2D eigenvalue weighted by atomic mass is 9.82. The first-order valence-electron chi connectivity index (χ1n) is 9.22. The first kappa shape index (κ1) is 16.9. The van der Waals surface area contributed by atoms with Crippen LogP contribution < -0.4 is 4.74 Å². The van der Waals surface area contributed by atoms with E-state index in [1.807, 2.05) is 39.0 Å². The van der Waals surface area contributed by atoms with Crippen LogP contribution in [0.15, 0.2) is 18.2 Å². The van der Waals surface area contributed by atoms with Gasteiger partial charge in [-0.2, -0.15) is 0 Å². The van der Waals surface area contributed by atoms with Crippen LogP contribution in [-0.2, 0) is 21.5 Å². The van der Waals surface area contributed by atoms with E-state index in [1.54, 1.807) is 16.9 Å². The van der Waals surface area contributed by atoms with E-state index in [4.69, 9.17) is 4.74 Å². The number of fused-ring (bicyclic) bond motifs is 5. The molecule has 138 valence electrons. The molecule has 2 amide bonds. The van der Waals surface area contributed by atoms with E-state index >= 15 is 0 Å². The van der Waals surface area contributed by atoms with Gasteiger partial charge in [-0.1, -0.05) is 6.92 Å². The first-order valence-corrected chi connectivity index (χ1v) is 9.22. The molecule has 26 heavy (non-hydrogen) atoms. The van der Waals surface area contributed by atoms with Crippen LogP contribution in [0, 0.1) is 0 Å². The molecule has 1 aromatic heterocycles. The lowest BCUT2D eigenvalue weighted by molar-refractivity contribution is -0.168. The summed E-state index contributed by atoms with van der Waals surface area (Å²) < 4.78 is 5.36. The number of amides is 2. The SMILES string of the molecule is CC[C@H](C)N1CC(=O)N2CCc3c([nH]c4ccc(OC)cc34)[C@@]2(C)C1=O. The lowest BCUT2D eigenvalue weighted by Crippen LogP contribution is -2.68. The first-order chi connectivity index (χ1) is 12.4. The number of benzene rings is 1.